The van der Waals surface area contributed by atoms with Crippen LogP contribution in [-0.4, -0.2) is 28.8 Å². The van der Waals surface area contributed by atoms with Gasteiger partial charge in [0, 0.05) is 16.9 Å². The maximum Gasteiger partial charge on any atom is 0.272 e. The highest BCUT2D eigenvalue weighted by Crippen LogP contribution is 2.34. The number of benzene rings is 1. The zero-order valence-corrected chi connectivity index (χ0v) is 15.3. The minimum absolute atomic E-state index is 0.0215. The zero-order valence-electron chi connectivity index (χ0n) is 12.1. The van der Waals surface area contributed by atoms with Crippen LogP contribution in [0, 0.1) is 0 Å². The highest BCUT2D eigenvalue weighted by molar-refractivity contribution is 9.10. The number of carbonyl (C=O) groups excluding carboxylic acids is 1. The average molecular weight is 443 g/mol. The van der Waals surface area contributed by atoms with E-state index in [1.807, 2.05) is 6.92 Å². The lowest BCUT2D eigenvalue weighted by atomic mass is 10.2. The molecule has 0 saturated carbocycles. The first-order valence-electron chi connectivity index (χ1n) is 6.60. The van der Waals surface area contributed by atoms with Crippen molar-refractivity contribution in [3.63, 3.8) is 0 Å². The predicted molar refractivity (Wildman–Crippen MR) is 94.0 cm³/mol. The molecular formula is C15H13Br2N3O3. The number of aromatic nitrogens is 1. The van der Waals surface area contributed by atoms with Crippen molar-refractivity contribution < 1.29 is 14.6 Å². The van der Waals surface area contributed by atoms with Crippen LogP contribution in [-0.2, 0) is 0 Å². The van der Waals surface area contributed by atoms with Crippen LogP contribution in [0.5, 0.6) is 11.5 Å². The molecule has 0 fully saturated rings. The smallest absolute Gasteiger partial charge is 0.272 e. The summed E-state index contributed by atoms with van der Waals surface area (Å²) in [4.78, 5) is 15.8. The van der Waals surface area contributed by atoms with E-state index in [0.717, 1.165) is 0 Å². The number of halogens is 2. The molecule has 2 rings (SSSR count). The highest BCUT2D eigenvalue weighted by Gasteiger charge is 2.09. The van der Waals surface area contributed by atoms with Crippen molar-refractivity contribution >= 4 is 44.0 Å². The van der Waals surface area contributed by atoms with Crippen LogP contribution in [0.1, 0.15) is 22.8 Å². The van der Waals surface area contributed by atoms with Crippen LogP contribution in [0.25, 0.3) is 0 Å². The first-order valence-corrected chi connectivity index (χ1v) is 8.19. The lowest BCUT2D eigenvalue weighted by Gasteiger charge is -2.08. The molecule has 0 aliphatic rings. The van der Waals surface area contributed by atoms with Gasteiger partial charge in [-0.15, -0.1) is 0 Å². The number of rotatable bonds is 5. The molecule has 2 N–H and O–H groups in total. The molecule has 1 aromatic heterocycles. The fraction of sp³-hybridized carbons (Fsp3) is 0.133. The van der Waals surface area contributed by atoms with Gasteiger partial charge in [-0.05, 0) is 62.5 Å². The van der Waals surface area contributed by atoms with Gasteiger partial charge in [0.25, 0.3) is 5.91 Å². The van der Waals surface area contributed by atoms with Crippen LogP contribution in [0.4, 0.5) is 0 Å². The van der Waals surface area contributed by atoms with Crippen molar-refractivity contribution in [1.82, 2.24) is 10.4 Å². The minimum atomic E-state index is -0.377. The Labute approximate surface area is 149 Å². The maximum absolute atomic E-state index is 11.9. The second-order valence-corrected chi connectivity index (χ2v) is 6.14. The molecule has 0 saturated heterocycles. The van der Waals surface area contributed by atoms with Crippen LogP contribution >= 0.6 is 31.9 Å². The number of ether oxygens (including phenoxy) is 1. The van der Waals surface area contributed by atoms with Crippen LogP contribution in [0.2, 0.25) is 0 Å². The summed E-state index contributed by atoms with van der Waals surface area (Å²) in [6.07, 6.45) is 4.49. The van der Waals surface area contributed by atoms with Gasteiger partial charge in [0.15, 0.2) is 11.5 Å². The van der Waals surface area contributed by atoms with Crippen molar-refractivity contribution in [2.24, 2.45) is 5.10 Å². The van der Waals surface area contributed by atoms with Gasteiger partial charge in [-0.1, -0.05) is 0 Å². The average Bonchev–Trinajstić information content (AvgIpc) is 2.52. The minimum Gasteiger partial charge on any atom is -0.503 e. The Kier molecular flexibility index (Phi) is 6.12. The molecule has 2 aromatic rings. The molecule has 0 radical (unpaired) electrons. The monoisotopic (exact) mass is 441 g/mol. The highest BCUT2D eigenvalue weighted by atomic mass is 79.9. The number of nitrogens with zero attached hydrogens (tertiary/aromatic N) is 2. The molecule has 120 valence electrons. The maximum atomic E-state index is 11.9. The van der Waals surface area contributed by atoms with Gasteiger partial charge in [-0.25, -0.2) is 5.43 Å². The third-order valence-electron chi connectivity index (χ3n) is 2.70. The summed E-state index contributed by atoms with van der Waals surface area (Å²) >= 11 is 6.49. The summed E-state index contributed by atoms with van der Waals surface area (Å²) in [6, 6.07) is 4.93. The fourth-order valence-corrected chi connectivity index (χ4v) is 2.52. The second kappa shape index (κ2) is 8.07. The molecule has 0 unspecified atom stereocenters. The van der Waals surface area contributed by atoms with E-state index in [-0.39, 0.29) is 11.7 Å². The number of aromatic hydroxyl groups is 1. The Hall–Kier alpha value is -1.93. The quantitative estimate of drug-likeness (QED) is 0.548. The molecule has 0 atom stereocenters. The van der Waals surface area contributed by atoms with Crippen LogP contribution < -0.4 is 10.2 Å². The van der Waals surface area contributed by atoms with Crippen molar-refractivity contribution in [3.05, 3.63) is 50.7 Å². The van der Waals surface area contributed by atoms with Crippen molar-refractivity contribution in [2.75, 3.05) is 6.61 Å². The predicted octanol–water partition coefficient (Wildman–Crippen LogP) is 3.47. The van der Waals surface area contributed by atoms with Gasteiger partial charge in [-0.2, -0.15) is 5.10 Å². The Morgan fingerprint density at radius 2 is 2.17 bits per heavy atom. The Bertz CT molecular complexity index is 751. The van der Waals surface area contributed by atoms with Gasteiger partial charge in [0.2, 0.25) is 0 Å². The van der Waals surface area contributed by atoms with Gasteiger partial charge in [0.05, 0.1) is 22.9 Å². The van der Waals surface area contributed by atoms with Crippen LogP contribution in [0.15, 0.2) is 44.6 Å². The van der Waals surface area contributed by atoms with E-state index in [1.165, 1.54) is 12.4 Å². The summed E-state index contributed by atoms with van der Waals surface area (Å²) in [6.45, 7) is 2.24. The van der Waals surface area contributed by atoms with E-state index >= 15 is 0 Å². The summed E-state index contributed by atoms with van der Waals surface area (Å²) in [5, 5.41) is 13.7. The molecule has 8 heteroatoms. The molecule has 23 heavy (non-hydrogen) atoms. The van der Waals surface area contributed by atoms with Crippen molar-refractivity contribution in [1.29, 1.82) is 0 Å². The number of hydrazone groups is 1. The van der Waals surface area contributed by atoms with Crippen molar-refractivity contribution in [2.45, 2.75) is 6.92 Å². The van der Waals surface area contributed by atoms with Gasteiger partial charge < -0.3 is 9.84 Å². The Morgan fingerprint density at radius 3 is 2.87 bits per heavy atom. The number of nitrogens with one attached hydrogen (secondary N) is 1. The topological polar surface area (TPSA) is 83.8 Å². The zero-order chi connectivity index (χ0) is 16.8. The standard InChI is InChI=1S/C15H13Br2N3O3/c1-2-23-13-4-9(3-12(17)14(13)21)6-19-20-15(22)10-5-11(16)8-18-7-10/h3-8,21H,2H2,1H3,(H,20,22). The molecule has 0 spiro atoms. The summed E-state index contributed by atoms with van der Waals surface area (Å²) in [5.41, 5.74) is 3.46. The number of carbonyl (C=O) groups is 1. The van der Waals surface area contributed by atoms with E-state index in [0.29, 0.717) is 32.4 Å². The summed E-state index contributed by atoms with van der Waals surface area (Å²) in [5.74, 6) is -0.0167. The van der Waals surface area contributed by atoms with E-state index in [1.54, 1.807) is 24.4 Å². The molecule has 0 aliphatic carbocycles. The Morgan fingerprint density at radius 1 is 1.39 bits per heavy atom. The third-order valence-corrected chi connectivity index (χ3v) is 3.74. The van der Waals surface area contributed by atoms with Crippen LogP contribution in [0.3, 0.4) is 0 Å². The fourth-order valence-electron chi connectivity index (χ4n) is 1.70. The first kappa shape index (κ1) is 17.4. The van der Waals surface area contributed by atoms with E-state index in [4.69, 9.17) is 4.74 Å². The van der Waals surface area contributed by atoms with E-state index < -0.39 is 0 Å². The van der Waals surface area contributed by atoms with E-state index in [2.05, 4.69) is 47.4 Å². The number of amides is 1. The molecule has 0 aliphatic heterocycles. The lowest BCUT2D eigenvalue weighted by Crippen LogP contribution is -2.17. The third kappa shape index (κ3) is 4.77. The summed E-state index contributed by atoms with van der Waals surface area (Å²) in [7, 11) is 0. The number of pyridine rings is 1. The molecule has 1 amide bonds. The SMILES string of the molecule is CCOc1cc(C=NNC(=O)c2cncc(Br)c2)cc(Br)c1O. The van der Waals surface area contributed by atoms with Gasteiger partial charge >= 0.3 is 0 Å². The van der Waals surface area contributed by atoms with Crippen molar-refractivity contribution in [3.8, 4) is 11.5 Å². The molecular weight excluding hydrogens is 430 g/mol. The number of hydrogen-bond acceptors (Lipinski definition) is 5. The van der Waals surface area contributed by atoms with Gasteiger partial charge in [-0.3, -0.25) is 9.78 Å². The molecule has 6 nitrogen and oxygen atoms in total. The Balaban J connectivity index is 2.10. The first-order chi connectivity index (χ1) is 11.0. The van der Waals surface area contributed by atoms with Gasteiger partial charge in [0.1, 0.15) is 0 Å². The number of phenolic OH excluding ortho intramolecular Hbond substituents is 1. The number of hydrogen-bond donors (Lipinski definition) is 2. The largest absolute Gasteiger partial charge is 0.503 e. The lowest BCUT2D eigenvalue weighted by molar-refractivity contribution is 0.0954. The normalized spacial score (nSPS) is 10.7. The molecule has 1 aromatic carbocycles. The molecule has 0 bridgehead atoms. The summed E-state index contributed by atoms with van der Waals surface area (Å²) < 4.78 is 6.51. The number of phenols is 1. The molecule has 1 heterocycles. The second-order valence-electron chi connectivity index (χ2n) is 4.37. The van der Waals surface area contributed by atoms with E-state index in [9.17, 15) is 9.90 Å².